The smallest absolute Gasteiger partial charge is 0.335 e. The van der Waals surface area contributed by atoms with Crippen molar-refractivity contribution >= 4 is 23.8 Å². The molecule has 1 atom stereocenters. The molecule has 1 amide bonds. The van der Waals surface area contributed by atoms with Crippen LogP contribution in [-0.4, -0.2) is 46.2 Å². The highest BCUT2D eigenvalue weighted by atomic mass is 16.6. The van der Waals surface area contributed by atoms with Crippen LogP contribution in [0.3, 0.4) is 0 Å². The first-order chi connectivity index (χ1) is 13.2. The van der Waals surface area contributed by atoms with Crippen LogP contribution in [0.15, 0.2) is 24.3 Å². The largest absolute Gasteiger partial charge is 0.478 e. The zero-order valence-electron chi connectivity index (χ0n) is 17.7. The molecule has 0 unspecified atom stereocenters. The van der Waals surface area contributed by atoms with E-state index < -0.39 is 41.1 Å². The molecule has 1 aromatic rings. The monoisotopic (exact) mass is 407 g/mol. The van der Waals surface area contributed by atoms with Crippen molar-refractivity contribution in [2.75, 3.05) is 0 Å². The van der Waals surface area contributed by atoms with E-state index in [1.165, 1.54) is 24.3 Å². The molecule has 1 aromatic carbocycles. The Labute approximate surface area is 170 Å². The Bertz CT molecular complexity index is 755. The van der Waals surface area contributed by atoms with Gasteiger partial charge in [0.1, 0.15) is 17.2 Å². The molecule has 1 rings (SSSR count). The highest BCUT2D eigenvalue weighted by Gasteiger charge is 2.28. The SMILES string of the molecule is CC(C)(C)OC(=O)CC[C@H](NC(=O)c1ccc(C(=O)O)cc1)C(=O)OC(C)(C)C. The van der Waals surface area contributed by atoms with Crippen LogP contribution in [-0.2, 0) is 19.1 Å². The minimum Gasteiger partial charge on any atom is -0.478 e. The number of carbonyl (C=O) groups excluding carboxylic acids is 3. The number of esters is 2. The maximum absolute atomic E-state index is 12.5. The molecule has 0 radical (unpaired) electrons. The van der Waals surface area contributed by atoms with E-state index >= 15 is 0 Å². The van der Waals surface area contributed by atoms with Crippen LogP contribution >= 0.6 is 0 Å². The zero-order chi connectivity index (χ0) is 22.4. The second-order valence-electron chi connectivity index (χ2n) is 8.57. The number of ether oxygens (including phenoxy) is 2. The molecule has 0 saturated carbocycles. The first-order valence-electron chi connectivity index (χ1n) is 9.27. The Morgan fingerprint density at radius 2 is 1.38 bits per heavy atom. The summed E-state index contributed by atoms with van der Waals surface area (Å²) in [5, 5.41) is 11.5. The van der Waals surface area contributed by atoms with Gasteiger partial charge >= 0.3 is 17.9 Å². The Hall–Kier alpha value is -2.90. The van der Waals surface area contributed by atoms with Crippen LogP contribution in [0.1, 0.15) is 75.1 Å². The molecule has 0 spiro atoms. The second-order valence-corrected chi connectivity index (χ2v) is 8.57. The van der Waals surface area contributed by atoms with E-state index in [0.29, 0.717) is 0 Å². The molecular formula is C21H29NO7. The highest BCUT2D eigenvalue weighted by molar-refractivity contribution is 5.98. The fourth-order valence-corrected chi connectivity index (χ4v) is 2.28. The summed E-state index contributed by atoms with van der Waals surface area (Å²) in [6.07, 6.45) is -0.0812. The van der Waals surface area contributed by atoms with Gasteiger partial charge in [0.2, 0.25) is 0 Å². The Balaban J connectivity index is 2.89. The Kier molecular flexibility index (Phi) is 7.94. The predicted molar refractivity (Wildman–Crippen MR) is 106 cm³/mol. The van der Waals surface area contributed by atoms with Crippen LogP contribution < -0.4 is 5.32 Å². The summed E-state index contributed by atoms with van der Waals surface area (Å²) in [4.78, 5) is 47.9. The van der Waals surface area contributed by atoms with Crippen molar-refractivity contribution in [2.45, 2.75) is 71.6 Å². The molecule has 160 valence electrons. The number of rotatable bonds is 7. The normalized spacial score (nSPS) is 12.6. The summed E-state index contributed by atoms with van der Waals surface area (Å²) in [7, 11) is 0. The summed E-state index contributed by atoms with van der Waals surface area (Å²) in [5.74, 6) is -2.86. The number of amides is 1. The third-order valence-corrected chi connectivity index (χ3v) is 3.45. The topological polar surface area (TPSA) is 119 Å². The first kappa shape index (κ1) is 24.1. The first-order valence-corrected chi connectivity index (χ1v) is 9.27. The van der Waals surface area contributed by atoms with E-state index in [9.17, 15) is 19.2 Å². The third-order valence-electron chi connectivity index (χ3n) is 3.45. The van der Waals surface area contributed by atoms with Gasteiger partial charge in [0.05, 0.1) is 5.56 Å². The van der Waals surface area contributed by atoms with Crippen LogP contribution in [0.25, 0.3) is 0 Å². The van der Waals surface area contributed by atoms with Crippen LogP contribution in [0.2, 0.25) is 0 Å². The fourth-order valence-electron chi connectivity index (χ4n) is 2.28. The lowest BCUT2D eigenvalue weighted by Crippen LogP contribution is -2.44. The fraction of sp³-hybridized carbons (Fsp3) is 0.524. The number of carbonyl (C=O) groups is 4. The summed E-state index contributed by atoms with van der Waals surface area (Å²) < 4.78 is 10.6. The summed E-state index contributed by atoms with van der Waals surface area (Å²) in [6.45, 7) is 10.3. The van der Waals surface area contributed by atoms with Crippen LogP contribution in [0.4, 0.5) is 0 Å². The molecule has 8 nitrogen and oxygen atoms in total. The zero-order valence-corrected chi connectivity index (χ0v) is 17.7. The van der Waals surface area contributed by atoms with Crippen LogP contribution in [0.5, 0.6) is 0 Å². The van der Waals surface area contributed by atoms with Crippen LogP contribution in [0, 0.1) is 0 Å². The van der Waals surface area contributed by atoms with Gasteiger partial charge in [-0.2, -0.15) is 0 Å². The number of hydrogen-bond acceptors (Lipinski definition) is 6. The summed E-state index contributed by atoms with van der Waals surface area (Å²) in [6, 6.07) is 4.21. The lowest BCUT2D eigenvalue weighted by atomic mass is 10.1. The van der Waals surface area contributed by atoms with Gasteiger partial charge in [-0.15, -0.1) is 0 Å². The molecule has 0 heterocycles. The van der Waals surface area contributed by atoms with Crippen molar-refractivity contribution in [2.24, 2.45) is 0 Å². The second kappa shape index (κ2) is 9.54. The van der Waals surface area contributed by atoms with E-state index in [0.717, 1.165) is 0 Å². The van der Waals surface area contributed by atoms with Gasteiger partial charge in [-0.05, 0) is 72.2 Å². The van der Waals surface area contributed by atoms with E-state index in [2.05, 4.69) is 5.32 Å². The van der Waals surface area contributed by atoms with Gasteiger partial charge in [0, 0.05) is 12.0 Å². The molecule has 8 heteroatoms. The molecule has 0 aliphatic rings. The third kappa shape index (κ3) is 9.23. The van der Waals surface area contributed by atoms with E-state index in [1.54, 1.807) is 41.5 Å². The highest BCUT2D eigenvalue weighted by Crippen LogP contribution is 2.14. The van der Waals surface area contributed by atoms with Crippen molar-refractivity contribution in [3.63, 3.8) is 0 Å². The molecule has 2 N–H and O–H groups in total. The van der Waals surface area contributed by atoms with Gasteiger partial charge in [-0.25, -0.2) is 9.59 Å². The van der Waals surface area contributed by atoms with Gasteiger partial charge in [0.15, 0.2) is 0 Å². The maximum Gasteiger partial charge on any atom is 0.335 e. The minimum atomic E-state index is -1.11. The van der Waals surface area contributed by atoms with E-state index in [-0.39, 0.29) is 24.0 Å². The lowest BCUT2D eigenvalue weighted by molar-refractivity contribution is -0.158. The molecule has 0 aliphatic carbocycles. The van der Waals surface area contributed by atoms with Gasteiger partial charge < -0.3 is 19.9 Å². The number of carboxylic acid groups (broad SMARTS) is 1. The van der Waals surface area contributed by atoms with Gasteiger partial charge in [-0.3, -0.25) is 9.59 Å². The van der Waals surface area contributed by atoms with Crippen molar-refractivity contribution in [3.05, 3.63) is 35.4 Å². The van der Waals surface area contributed by atoms with Gasteiger partial charge in [-0.1, -0.05) is 0 Å². The Morgan fingerprint density at radius 3 is 1.83 bits per heavy atom. The molecule has 0 aromatic heterocycles. The average Bonchev–Trinajstić information content (AvgIpc) is 2.55. The molecule has 29 heavy (non-hydrogen) atoms. The predicted octanol–water partition coefficient (Wildman–Crippen LogP) is 2.95. The molecular weight excluding hydrogens is 378 g/mol. The summed E-state index contributed by atoms with van der Waals surface area (Å²) >= 11 is 0. The minimum absolute atomic E-state index is 0.00275. The van der Waals surface area contributed by atoms with Crippen molar-refractivity contribution in [1.29, 1.82) is 0 Å². The lowest BCUT2D eigenvalue weighted by Gasteiger charge is -2.25. The van der Waals surface area contributed by atoms with Crippen molar-refractivity contribution < 1.29 is 33.8 Å². The molecule has 0 bridgehead atoms. The molecule has 0 saturated heterocycles. The Morgan fingerprint density at radius 1 is 0.897 bits per heavy atom. The maximum atomic E-state index is 12.5. The molecule has 0 aliphatic heterocycles. The number of nitrogens with one attached hydrogen (secondary N) is 1. The number of hydrogen-bond donors (Lipinski definition) is 2. The van der Waals surface area contributed by atoms with E-state index in [1.807, 2.05) is 0 Å². The van der Waals surface area contributed by atoms with Gasteiger partial charge in [0.25, 0.3) is 5.91 Å². The number of benzene rings is 1. The van der Waals surface area contributed by atoms with Crippen molar-refractivity contribution in [1.82, 2.24) is 5.32 Å². The van der Waals surface area contributed by atoms with E-state index in [4.69, 9.17) is 14.6 Å². The van der Waals surface area contributed by atoms with Crippen molar-refractivity contribution in [3.8, 4) is 0 Å². The molecule has 0 fully saturated rings. The number of aromatic carboxylic acids is 1. The standard InChI is InChI=1S/C21H29NO7/c1-20(2,3)28-16(23)12-11-15(19(27)29-21(4,5)6)22-17(24)13-7-9-14(10-8-13)18(25)26/h7-10,15H,11-12H2,1-6H3,(H,22,24)(H,25,26)/t15-/m0/s1. The summed E-state index contributed by atoms with van der Waals surface area (Å²) in [5.41, 5.74) is -1.21. The number of carboxylic acids is 1. The average molecular weight is 407 g/mol. The quantitative estimate of drug-likeness (QED) is 0.667.